The van der Waals surface area contributed by atoms with E-state index in [1.807, 2.05) is 0 Å². The Labute approximate surface area is 196 Å². The first-order valence-corrected chi connectivity index (χ1v) is 14.4. The number of carboxylic acids is 1. The molecule has 0 radical (unpaired) electrons. The summed E-state index contributed by atoms with van der Waals surface area (Å²) in [4.78, 5) is 16.6. The SMILES string of the molecule is C[Si](C)(C)CCOCn1nc(-c2ccc(F)cc2)c(-c2ccc3ncc(C#N)n3c2)c1C(=O)O. The number of fused-ring (bicyclic) bond motifs is 1. The smallest absolute Gasteiger partial charge is 0.354 e. The summed E-state index contributed by atoms with van der Waals surface area (Å²) in [5.41, 5.74) is 2.65. The molecule has 0 atom stereocenters. The molecule has 0 unspecified atom stereocenters. The summed E-state index contributed by atoms with van der Waals surface area (Å²) in [6.07, 6.45) is 3.11. The van der Waals surface area contributed by atoms with E-state index in [2.05, 4.69) is 35.8 Å². The quantitative estimate of drug-likeness (QED) is 0.286. The number of hydrogen-bond donors (Lipinski definition) is 1. The average molecular weight is 478 g/mol. The fraction of sp³-hybridized carbons (Fsp3) is 0.250. The Morgan fingerprint density at radius 3 is 2.53 bits per heavy atom. The van der Waals surface area contributed by atoms with Crippen molar-refractivity contribution in [2.45, 2.75) is 32.4 Å². The van der Waals surface area contributed by atoms with Crippen LogP contribution < -0.4 is 0 Å². The first-order valence-electron chi connectivity index (χ1n) is 10.7. The number of imidazole rings is 1. The van der Waals surface area contributed by atoms with Gasteiger partial charge in [0.05, 0.1) is 6.20 Å². The topological polar surface area (TPSA) is 105 Å². The lowest BCUT2D eigenvalue weighted by molar-refractivity contribution is 0.0592. The maximum absolute atomic E-state index is 13.6. The maximum atomic E-state index is 13.6. The molecule has 4 rings (SSSR count). The molecule has 10 heteroatoms. The normalized spacial score (nSPS) is 11.6. The lowest BCUT2D eigenvalue weighted by Gasteiger charge is -2.15. The van der Waals surface area contributed by atoms with E-state index in [0.29, 0.717) is 40.3 Å². The minimum Gasteiger partial charge on any atom is -0.477 e. The van der Waals surface area contributed by atoms with Crippen molar-refractivity contribution < 1.29 is 19.0 Å². The van der Waals surface area contributed by atoms with E-state index in [0.717, 1.165) is 6.04 Å². The molecule has 1 N–H and O–H groups in total. The number of carbonyl (C=O) groups is 1. The van der Waals surface area contributed by atoms with Crippen LogP contribution in [0.4, 0.5) is 4.39 Å². The van der Waals surface area contributed by atoms with Crippen molar-refractivity contribution in [1.82, 2.24) is 19.2 Å². The van der Waals surface area contributed by atoms with Crippen LogP contribution in [-0.2, 0) is 11.5 Å². The summed E-state index contributed by atoms with van der Waals surface area (Å²) < 4.78 is 22.3. The molecular weight excluding hydrogens is 453 g/mol. The highest BCUT2D eigenvalue weighted by atomic mass is 28.3. The molecule has 4 aromatic rings. The second kappa shape index (κ2) is 9.21. The predicted octanol–water partition coefficient (Wildman–Crippen LogP) is 4.89. The summed E-state index contributed by atoms with van der Waals surface area (Å²) in [5.74, 6) is -1.58. The Balaban J connectivity index is 1.86. The minimum absolute atomic E-state index is 0.0307. The summed E-state index contributed by atoms with van der Waals surface area (Å²) >= 11 is 0. The lowest BCUT2D eigenvalue weighted by atomic mass is 10.00. The Morgan fingerprint density at radius 1 is 1.18 bits per heavy atom. The van der Waals surface area contributed by atoms with Gasteiger partial charge in [0.25, 0.3) is 0 Å². The highest BCUT2D eigenvalue weighted by Crippen LogP contribution is 2.35. The molecule has 0 fully saturated rings. The van der Waals surface area contributed by atoms with Crippen molar-refractivity contribution in [3.05, 3.63) is 66.0 Å². The lowest BCUT2D eigenvalue weighted by Crippen LogP contribution is -2.22. The molecule has 1 aromatic carbocycles. The van der Waals surface area contributed by atoms with Gasteiger partial charge < -0.3 is 9.84 Å². The average Bonchev–Trinajstić information content (AvgIpc) is 3.37. The van der Waals surface area contributed by atoms with Crippen LogP contribution in [0.1, 0.15) is 16.2 Å². The second-order valence-electron chi connectivity index (χ2n) is 9.13. The Morgan fingerprint density at radius 2 is 1.88 bits per heavy atom. The standard InChI is InChI=1S/C24H24FN5O3Si/c1-34(2,3)11-10-33-15-30-23(24(31)32)21(22(28-30)16-4-7-18(25)8-5-16)17-6-9-20-27-13-19(12-26)29(20)14-17/h4-9,13-14H,10-11,15H2,1-3H3,(H,31,32). The van der Waals surface area contributed by atoms with E-state index in [1.54, 1.807) is 34.9 Å². The van der Waals surface area contributed by atoms with Crippen LogP contribution >= 0.6 is 0 Å². The van der Waals surface area contributed by atoms with E-state index < -0.39 is 19.9 Å². The largest absolute Gasteiger partial charge is 0.477 e. The molecule has 0 aliphatic heterocycles. The zero-order chi connectivity index (χ0) is 24.5. The van der Waals surface area contributed by atoms with E-state index in [-0.39, 0.29) is 12.4 Å². The minimum atomic E-state index is -1.32. The molecule has 0 aliphatic rings. The van der Waals surface area contributed by atoms with Crippen molar-refractivity contribution in [2.24, 2.45) is 0 Å². The van der Waals surface area contributed by atoms with Crippen LogP contribution in [0.5, 0.6) is 0 Å². The number of pyridine rings is 1. The summed E-state index contributed by atoms with van der Waals surface area (Å²) in [6, 6.07) is 12.2. The van der Waals surface area contributed by atoms with Gasteiger partial charge in [-0.15, -0.1) is 0 Å². The Kier molecular flexibility index (Phi) is 6.32. The second-order valence-corrected chi connectivity index (χ2v) is 14.8. The first kappa shape index (κ1) is 23.3. The molecule has 3 heterocycles. The monoisotopic (exact) mass is 477 g/mol. The Hall–Kier alpha value is -3.81. The number of aromatic carboxylic acids is 1. The third-order valence-corrected chi connectivity index (χ3v) is 7.10. The first-order chi connectivity index (χ1) is 16.2. The highest BCUT2D eigenvalue weighted by molar-refractivity contribution is 6.76. The number of carboxylic acid groups (broad SMARTS) is 1. The van der Waals surface area contributed by atoms with Crippen molar-refractivity contribution in [3.63, 3.8) is 0 Å². The fourth-order valence-electron chi connectivity index (χ4n) is 3.60. The van der Waals surface area contributed by atoms with Gasteiger partial charge in [0.15, 0.2) is 5.69 Å². The van der Waals surface area contributed by atoms with Crippen LogP contribution in [-0.4, -0.2) is 44.9 Å². The Bertz CT molecular complexity index is 1400. The summed E-state index contributed by atoms with van der Waals surface area (Å²) in [6.45, 7) is 7.18. The van der Waals surface area contributed by atoms with E-state index >= 15 is 0 Å². The number of nitriles is 1. The van der Waals surface area contributed by atoms with Crippen molar-refractivity contribution in [2.75, 3.05) is 6.61 Å². The predicted molar refractivity (Wildman–Crippen MR) is 128 cm³/mol. The zero-order valence-electron chi connectivity index (χ0n) is 19.1. The zero-order valence-corrected chi connectivity index (χ0v) is 20.1. The van der Waals surface area contributed by atoms with Gasteiger partial charge in [-0.3, -0.25) is 4.40 Å². The van der Waals surface area contributed by atoms with Gasteiger partial charge in [-0.2, -0.15) is 10.4 Å². The van der Waals surface area contributed by atoms with E-state index in [1.165, 1.54) is 23.0 Å². The number of aromatic nitrogens is 4. The van der Waals surface area contributed by atoms with Crippen molar-refractivity contribution in [1.29, 1.82) is 5.26 Å². The van der Waals surface area contributed by atoms with Crippen LogP contribution in [0.2, 0.25) is 25.7 Å². The highest BCUT2D eigenvalue weighted by Gasteiger charge is 2.26. The molecule has 0 amide bonds. The van der Waals surface area contributed by atoms with Crippen LogP contribution in [0.25, 0.3) is 28.0 Å². The molecule has 0 saturated heterocycles. The van der Waals surface area contributed by atoms with Gasteiger partial charge in [0.1, 0.15) is 35.7 Å². The van der Waals surface area contributed by atoms with Crippen LogP contribution in [0, 0.1) is 17.1 Å². The van der Waals surface area contributed by atoms with Gasteiger partial charge in [-0.1, -0.05) is 19.6 Å². The molecular formula is C24H24FN5O3Si. The molecule has 0 saturated carbocycles. The number of benzene rings is 1. The van der Waals surface area contributed by atoms with Crippen molar-refractivity contribution >= 4 is 19.7 Å². The third-order valence-electron chi connectivity index (χ3n) is 5.39. The molecule has 174 valence electrons. The molecule has 34 heavy (non-hydrogen) atoms. The van der Waals surface area contributed by atoms with Gasteiger partial charge in [0.2, 0.25) is 0 Å². The fourth-order valence-corrected chi connectivity index (χ4v) is 4.35. The van der Waals surface area contributed by atoms with Gasteiger partial charge >= 0.3 is 5.97 Å². The van der Waals surface area contributed by atoms with Crippen molar-refractivity contribution in [3.8, 4) is 28.5 Å². The van der Waals surface area contributed by atoms with E-state index in [4.69, 9.17) is 4.74 Å². The third kappa shape index (κ3) is 4.76. The van der Waals surface area contributed by atoms with Crippen LogP contribution in [0.3, 0.4) is 0 Å². The maximum Gasteiger partial charge on any atom is 0.354 e. The number of rotatable bonds is 8. The number of nitrogens with zero attached hydrogens (tertiary/aromatic N) is 5. The molecule has 0 spiro atoms. The van der Waals surface area contributed by atoms with Crippen LogP contribution in [0.15, 0.2) is 48.8 Å². The molecule has 0 aliphatic carbocycles. The van der Waals surface area contributed by atoms with Gasteiger partial charge in [-0.25, -0.2) is 18.9 Å². The number of hydrogen-bond acceptors (Lipinski definition) is 5. The number of ether oxygens (including phenoxy) is 1. The summed E-state index contributed by atoms with van der Waals surface area (Å²) in [7, 11) is -1.32. The van der Waals surface area contributed by atoms with Gasteiger partial charge in [-0.05, 0) is 42.4 Å². The van der Waals surface area contributed by atoms with E-state index in [9.17, 15) is 19.6 Å². The summed E-state index contributed by atoms with van der Waals surface area (Å²) in [5, 5.41) is 24.1. The number of halogens is 1. The van der Waals surface area contributed by atoms with Gasteiger partial charge in [0, 0.05) is 37.6 Å². The molecule has 3 aromatic heterocycles. The molecule has 0 bridgehead atoms. The molecule has 8 nitrogen and oxygen atoms in total.